The fraction of sp³-hybridized carbons (Fsp3) is 0.643. The molecule has 11 unspecified atom stereocenters. The summed E-state index contributed by atoms with van der Waals surface area (Å²) in [7, 11) is 1.33. The van der Waals surface area contributed by atoms with E-state index in [1.165, 1.54) is 7.11 Å². The summed E-state index contributed by atoms with van der Waals surface area (Å²) < 4.78 is 56.9. The number of carbonyl (C=O) groups excluding carboxylic acids is 4. The van der Waals surface area contributed by atoms with Crippen LogP contribution in [0.5, 0.6) is 0 Å². The Morgan fingerprint density at radius 2 is 1.42 bits per heavy atom. The number of ether oxygens (including phenoxy) is 10. The first-order chi connectivity index (χ1) is 20.5. The molecule has 1 aromatic carbocycles. The van der Waals surface area contributed by atoms with Crippen molar-refractivity contribution in [3.05, 3.63) is 35.9 Å². The third-order valence-corrected chi connectivity index (χ3v) is 6.85. The lowest BCUT2D eigenvalue weighted by atomic mass is 9.96. The minimum absolute atomic E-state index is 0.0763. The van der Waals surface area contributed by atoms with Crippen molar-refractivity contribution in [1.82, 2.24) is 0 Å². The predicted octanol–water partition coefficient (Wildman–Crippen LogP) is 0.301. The second kappa shape index (κ2) is 14.5. The van der Waals surface area contributed by atoms with Crippen molar-refractivity contribution >= 4 is 23.9 Å². The van der Waals surface area contributed by atoms with Crippen molar-refractivity contribution in [1.29, 1.82) is 0 Å². The van der Waals surface area contributed by atoms with Crippen LogP contribution in [0, 0.1) is 0 Å². The number of benzene rings is 1. The van der Waals surface area contributed by atoms with Crippen molar-refractivity contribution < 1.29 is 71.7 Å². The number of hydrogen-bond acceptors (Lipinski definition) is 15. The van der Waals surface area contributed by atoms with Crippen LogP contribution in [-0.2, 0) is 66.5 Å². The number of esters is 4. The van der Waals surface area contributed by atoms with E-state index in [1.807, 2.05) is 30.3 Å². The highest BCUT2D eigenvalue weighted by Crippen LogP contribution is 2.37. The van der Waals surface area contributed by atoms with Crippen LogP contribution in [0.25, 0.3) is 0 Å². The molecule has 0 saturated carbocycles. The predicted molar refractivity (Wildman–Crippen MR) is 139 cm³/mol. The molecule has 4 rings (SSSR count). The van der Waals surface area contributed by atoms with Crippen molar-refractivity contribution in [3.8, 4) is 0 Å². The van der Waals surface area contributed by atoms with Gasteiger partial charge in [-0.25, -0.2) is 0 Å². The SMILES string of the molecule is COC1OC2COC(c3ccccc3)OC2C(O)C1OC1OC(COC(C)=O)C(OC(C)=O)C(OC(C)=O)C1OC(C)=O. The minimum Gasteiger partial charge on any atom is -0.463 e. The van der Waals surface area contributed by atoms with Crippen molar-refractivity contribution in [2.45, 2.75) is 95.4 Å². The lowest BCUT2D eigenvalue weighted by Gasteiger charge is -2.49. The van der Waals surface area contributed by atoms with Gasteiger partial charge < -0.3 is 52.5 Å². The topological polar surface area (TPSA) is 181 Å². The Morgan fingerprint density at radius 3 is 2.02 bits per heavy atom. The fourth-order valence-corrected chi connectivity index (χ4v) is 5.13. The van der Waals surface area contributed by atoms with Gasteiger partial charge in [-0.1, -0.05) is 30.3 Å². The molecule has 15 nitrogen and oxygen atoms in total. The van der Waals surface area contributed by atoms with Gasteiger partial charge in [-0.3, -0.25) is 19.2 Å². The molecule has 0 aliphatic carbocycles. The van der Waals surface area contributed by atoms with E-state index in [0.29, 0.717) is 0 Å². The number of aliphatic hydroxyl groups is 1. The van der Waals surface area contributed by atoms with Gasteiger partial charge in [0.25, 0.3) is 0 Å². The molecule has 1 N–H and O–H groups in total. The Bertz CT molecular complexity index is 1130. The Balaban J connectivity index is 1.64. The molecular weight excluding hydrogens is 576 g/mol. The Kier molecular flexibility index (Phi) is 11.1. The molecular formula is C28H36O15. The minimum atomic E-state index is -1.57. The van der Waals surface area contributed by atoms with Gasteiger partial charge in [0, 0.05) is 40.4 Å². The lowest BCUT2D eigenvalue weighted by molar-refractivity contribution is -0.391. The Morgan fingerprint density at radius 1 is 0.791 bits per heavy atom. The van der Waals surface area contributed by atoms with Gasteiger partial charge in [0.1, 0.15) is 37.1 Å². The first-order valence-electron chi connectivity index (χ1n) is 13.6. The number of rotatable bonds is 9. The van der Waals surface area contributed by atoms with Crippen LogP contribution in [-0.4, -0.2) is 111 Å². The summed E-state index contributed by atoms with van der Waals surface area (Å²) in [5.74, 6) is -3.04. The van der Waals surface area contributed by atoms with E-state index < -0.39 is 98.2 Å². The van der Waals surface area contributed by atoms with E-state index in [-0.39, 0.29) is 6.61 Å². The molecule has 11 atom stereocenters. The van der Waals surface area contributed by atoms with E-state index >= 15 is 0 Å². The number of fused-ring (bicyclic) bond motifs is 1. The Hall–Kier alpha value is -3.18. The first-order valence-corrected chi connectivity index (χ1v) is 13.6. The molecule has 15 heteroatoms. The molecule has 0 spiro atoms. The molecule has 0 bridgehead atoms. The maximum absolute atomic E-state index is 12.2. The van der Waals surface area contributed by atoms with Gasteiger partial charge in [0.05, 0.1) is 6.61 Å². The van der Waals surface area contributed by atoms with Crippen LogP contribution < -0.4 is 0 Å². The molecule has 3 saturated heterocycles. The molecule has 43 heavy (non-hydrogen) atoms. The average molecular weight is 613 g/mol. The molecule has 3 fully saturated rings. The second-order valence-electron chi connectivity index (χ2n) is 10.1. The highest BCUT2D eigenvalue weighted by atomic mass is 16.8. The summed E-state index contributed by atoms with van der Waals surface area (Å²) in [6, 6.07) is 9.10. The van der Waals surface area contributed by atoms with Crippen LogP contribution >= 0.6 is 0 Å². The van der Waals surface area contributed by atoms with Gasteiger partial charge in [-0.05, 0) is 0 Å². The maximum Gasteiger partial charge on any atom is 0.303 e. The van der Waals surface area contributed by atoms with Crippen molar-refractivity contribution in [2.75, 3.05) is 20.3 Å². The van der Waals surface area contributed by atoms with Gasteiger partial charge in [-0.2, -0.15) is 0 Å². The van der Waals surface area contributed by atoms with Crippen molar-refractivity contribution in [2.24, 2.45) is 0 Å². The number of methoxy groups -OCH3 is 1. The van der Waals surface area contributed by atoms with Crippen LogP contribution in [0.15, 0.2) is 30.3 Å². The van der Waals surface area contributed by atoms with Gasteiger partial charge in [-0.15, -0.1) is 0 Å². The zero-order valence-electron chi connectivity index (χ0n) is 24.3. The molecule has 0 radical (unpaired) electrons. The van der Waals surface area contributed by atoms with E-state index in [1.54, 1.807) is 0 Å². The van der Waals surface area contributed by atoms with Gasteiger partial charge in [0.2, 0.25) is 0 Å². The molecule has 3 heterocycles. The van der Waals surface area contributed by atoms with E-state index in [0.717, 1.165) is 33.3 Å². The standard InChI is InChI=1S/C28H36O15/c1-13(29)35-11-19-22(37-14(2)30)24(38-15(3)31)25(39-16(4)32)28(41-19)43-23-20(33)21-18(40-27(23)34-5)12-36-26(42-21)17-9-7-6-8-10-17/h6-10,18-28,33H,11-12H2,1-5H3. The van der Waals surface area contributed by atoms with Crippen LogP contribution in [0.4, 0.5) is 0 Å². The molecule has 1 aromatic rings. The summed E-state index contributed by atoms with van der Waals surface area (Å²) in [5, 5.41) is 11.5. The monoisotopic (exact) mass is 612 g/mol. The molecule has 0 amide bonds. The second-order valence-corrected chi connectivity index (χ2v) is 10.1. The zero-order valence-corrected chi connectivity index (χ0v) is 24.3. The summed E-state index contributed by atoms with van der Waals surface area (Å²) >= 11 is 0. The quantitative estimate of drug-likeness (QED) is 0.297. The van der Waals surface area contributed by atoms with Crippen LogP contribution in [0.3, 0.4) is 0 Å². The first kappa shape index (κ1) is 32.7. The van der Waals surface area contributed by atoms with Gasteiger partial charge in [0.15, 0.2) is 37.2 Å². The zero-order chi connectivity index (χ0) is 31.3. The van der Waals surface area contributed by atoms with Crippen molar-refractivity contribution in [3.63, 3.8) is 0 Å². The van der Waals surface area contributed by atoms with Gasteiger partial charge >= 0.3 is 23.9 Å². The molecule has 238 valence electrons. The number of hydrogen-bond donors (Lipinski definition) is 1. The molecule has 3 aliphatic heterocycles. The highest BCUT2D eigenvalue weighted by molar-refractivity contribution is 5.68. The normalized spacial score (nSPS) is 35.6. The van der Waals surface area contributed by atoms with Crippen LogP contribution in [0.1, 0.15) is 39.5 Å². The number of aliphatic hydroxyl groups excluding tert-OH is 1. The van der Waals surface area contributed by atoms with Crippen LogP contribution in [0.2, 0.25) is 0 Å². The highest BCUT2D eigenvalue weighted by Gasteiger charge is 2.56. The fourth-order valence-electron chi connectivity index (χ4n) is 5.13. The molecule has 3 aliphatic rings. The maximum atomic E-state index is 12.2. The summed E-state index contributed by atoms with van der Waals surface area (Å²) in [6.45, 7) is 4.12. The summed E-state index contributed by atoms with van der Waals surface area (Å²) in [5.41, 5.74) is 0.721. The van der Waals surface area contributed by atoms with E-state index in [4.69, 9.17) is 47.4 Å². The third-order valence-electron chi connectivity index (χ3n) is 6.85. The largest absolute Gasteiger partial charge is 0.463 e. The summed E-state index contributed by atoms with van der Waals surface area (Å²) in [4.78, 5) is 47.9. The Labute approximate surface area is 247 Å². The lowest BCUT2D eigenvalue weighted by Crippen LogP contribution is -2.67. The summed E-state index contributed by atoms with van der Waals surface area (Å²) in [6.07, 6.45) is -13.5. The third kappa shape index (κ3) is 8.06. The number of carbonyl (C=O) groups is 4. The smallest absolute Gasteiger partial charge is 0.303 e. The van der Waals surface area contributed by atoms with E-state index in [9.17, 15) is 24.3 Å². The molecule has 0 aromatic heterocycles. The average Bonchev–Trinajstić information content (AvgIpc) is 2.95. The van der Waals surface area contributed by atoms with E-state index in [2.05, 4.69) is 0 Å².